The molecule has 2 heteroatoms. The molecular weight excluding hydrogens is 272 g/mol. The fraction of sp³-hybridized carbons (Fsp3) is 0.650. The number of hydrogen-bond donors (Lipinski definition) is 1. The average Bonchev–Trinajstić information content (AvgIpc) is 2.50. The number of carboxylic acid groups (broad SMARTS) is 1. The van der Waals surface area contributed by atoms with Gasteiger partial charge in [0.25, 0.3) is 0 Å². The van der Waals surface area contributed by atoms with Gasteiger partial charge in [-0.25, -0.2) is 4.79 Å². The summed E-state index contributed by atoms with van der Waals surface area (Å²) >= 11 is 0. The van der Waals surface area contributed by atoms with Crippen molar-refractivity contribution in [1.29, 1.82) is 0 Å². The first-order chi connectivity index (χ1) is 10.8. The zero-order chi connectivity index (χ0) is 16.3. The lowest BCUT2D eigenvalue weighted by atomic mass is 10.1. The second-order valence-electron chi connectivity index (χ2n) is 5.72. The van der Waals surface area contributed by atoms with Crippen molar-refractivity contribution >= 4 is 5.97 Å². The summed E-state index contributed by atoms with van der Waals surface area (Å²) < 4.78 is 0. The topological polar surface area (TPSA) is 37.3 Å². The molecule has 0 bridgehead atoms. The molecule has 0 aliphatic heterocycles. The van der Waals surface area contributed by atoms with Gasteiger partial charge in [-0.1, -0.05) is 63.0 Å². The Bertz CT molecular complexity index is 327. The van der Waals surface area contributed by atoms with Gasteiger partial charge in [0.1, 0.15) is 0 Å². The van der Waals surface area contributed by atoms with Gasteiger partial charge in [-0.15, -0.1) is 0 Å². The van der Waals surface area contributed by atoms with Crippen molar-refractivity contribution in [3.05, 3.63) is 36.5 Å². The smallest absolute Gasteiger partial charge is 0.327 e. The van der Waals surface area contributed by atoms with E-state index < -0.39 is 5.97 Å². The molecule has 0 spiro atoms. The molecule has 1 N–H and O–H groups in total. The molecule has 126 valence electrons. The zero-order valence-electron chi connectivity index (χ0n) is 14.3. The molecule has 0 aromatic rings. The van der Waals surface area contributed by atoms with Crippen LogP contribution in [0.4, 0.5) is 0 Å². The molecule has 0 aliphatic carbocycles. The van der Waals surface area contributed by atoms with Crippen LogP contribution in [-0.2, 0) is 4.79 Å². The van der Waals surface area contributed by atoms with E-state index in [1.54, 1.807) is 6.08 Å². The van der Waals surface area contributed by atoms with Crippen molar-refractivity contribution < 1.29 is 9.90 Å². The standard InChI is InChI=1S/C20H34O2/c1-2-3-4-5-6-7-8-9-10-11-12-13-14-15-16-17-18-19-20(21)22/h3-4,13-14,18-19H,2,5-12,15-17H2,1H3,(H,21,22). The summed E-state index contributed by atoms with van der Waals surface area (Å²) in [5.74, 6) is -0.854. The van der Waals surface area contributed by atoms with E-state index in [1.165, 1.54) is 57.4 Å². The number of hydrogen-bond acceptors (Lipinski definition) is 1. The molecule has 0 atom stereocenters. The molecule has 0 aromatic carbocycles. The van der Waals surface area contributed by atoms with E-state index in [4.69, 9.17) is 5.11 Å². The Kier molecular flexibility index (Phi) is 16.7. The second-order valence-corrected chi connectivity index (χ2v) is 5.72. The van der Waals surface area contributed by atoms with Gasteiger partial charge in [-0.2, -0.15) is 0 Å². The van der Waals surface area contributed by atoms with E-state index in [0.717, 1.165) is 25.7 Å². The minimum absolute atomic E-state index is 0.851. The van der Waals surface area contributed by atoms with E-state index in [1.807, 2.05) is 0 Å². The van der Waals surface area contributed by atoms with Gasteiger partial charge in [0.05, 0.1) is 0 Å². The van der Waals surface area contributed by atoms with Gasteiger partial charge in [0.2, 0.25) is 0 Å². The molecule has 0 rings (SSSR count). The molecule has 0 aliphatic rings. The first kappa shape index (κ1) is 20.7. The van der Waals surface area contributed by atoms with Crippen LogP contribution >= 0.6 is 0 Å². The van der Waals surface area contributed by atoms with E-state index in [9.17, 15) is 4.79 Å². The molecular formula is C20H34O2. The van der Waals surface area contributed by atoms with Gasteiger partial charge in [0.15, 0.2) is 0 Å². The van der Waals surface area contributed by atoms with Gasteiger partial charge in [0, 0.05) is 6.08 Å². The number of aliphatic carboxylic acids is 1. The highest BCUT2D eigenvalue weighted by Gasteiger charge is 1.90. The van der Waals surface area contributed by atoms with Crippen molar-refractivity contribution in [2.45, 2.75) is 84.0 Å². The van der Waals surface area contributed by atoms with Gasteiger partial charge in [-0.3, -0.25) is 0 Å². The van der Waals surface area contributed by atoms with E-state index in [-0.39, 0.29) is 0 Å². The van der Waals surface area contributed by atoms with Crippen LogP contribution in [0.5, 0.6) is 0 Å². The van der Waals surface area contributed by atoms with Crippen LogP contribution in [0.1, 0.15) is 84.0 Å². The lowest BCUT2D eigenvalue weighted by molar-refractivity contribution is -0.131. The fourth-order valence-electron chi connectivity index (χ4n) is 2.29. The van der Waals surface area contributed by atoms with Crippen LogP contribution in [0.3, 0.4) is 0 Å². The predicted molar refractivity (Wildman–Crippen MR) is 96.1 cm³/mol. The molecule has 0 aromatic heterocycles. The molecule has 0 radical (unpaired) electrons. The number of carbonyl (C=O) groups is 1. The molecule has 0 saturated heterocycles. The van der Waals surface area contributed by atoms with Crippen LogP contribution in [0.15, 0.2) is 36.5 Å². The largest absolute Gasteiger partial charge is 0.478 e. The molecule has 0 amide bonds. The van der Waals surface area contributed by atoms with Crippen LogP contribution in [0.2, 0.25) is 0 Å². The summed E-state index contributed by atoms with van der Waals surface area (Å²) in [6, 6.07) is 0. The highest BCUT2D eigenvalue weighted by Crippen LogP contribution is 2.09. The third kappa shape index (κ3) is 18.7. The summed E-state index contributed by atoms with van der Waals surface area (Å²) in [7, 11) is 0. The van der Waals surface area contributed by atoms with Gasteiger partial charge in [-0.05, 0) is 51.4 Å². The maximum Gasteiger partial charge on any atom is 0.327 e. The lowest BCUT2D eigenvalue weighted by Gasteiger charge is -1.99. The highest BCUT2D eigenvalue weighted by atomic mass is 16.4. The zero-order valence-corrected chi connectivity index (χ0v) is 14.3. The van der Waals surface area contributed by atoms with E-state index >= 15 is 0 Å². The number of unbranched alkanes of at least 4 members (excludes halogenated alkanes) is 9. The van der Waals surface area contributed by atoms with Crippen LogP contribution in [0.25, 0.3) is 0 Å². The first-order valence-electron chi connectivity index (χ1n) is 8.96. The minimum atomic E-state index is -0.854. The predicted octanol–water partition coefficient (Wildman–Crippen LogP) is 6.44. The van der Waals surface area contributed by atoms with Crippen LogP contribution in [-0.4, -0.2) is 11.1 Å². The van der Waals surface area contributed by atoms with Gasteiger partial charge >= 0.3 is 5.97 Å². The summed E-state index contributed by atoms with van der Waals surface area (Å²) in [5.41, 5.74) is 0. The Morgan fingerprint density at radius 1 is 0.682 bits per heavy atom. The Hall–Kier alpha value is -1.31. The van der Waals surface area contributed by atoms with E-state index in [0.29, 0.717) is 0 Å². The third-order valence-corrected chi connectivity index (χ3v) is 3.56. The molecule has 22 heavy (non-hydrogen) atoms. The van der Waals surface area contributed by atoms with E-state index in [2.05, 4.69) is 31.2 Å². The Morgan fingerprint density at radius 2 is 1.14 bits per heavy atom. The summed E-state index contributed by atoms with van der Waals surface area (Å²) in [6.45, 7) is 2.18. The quantitative estimate of drug-likeness (QED) is 0.215. The molecule has 0 heterocycles. The Labute approximate surface area is 137 Å². The van der Waals surface area contributed by atoms with Crippen LogP contribution in [0, 0.1) is 0 Å². The summed E-state index contributed by atoms with van der Waals surface area (Å²) in [6.07, 6.45) is 26.6. The highest BCUT2D eigenvalue weighted by molar-refractivity contribution is 5.79. The molecule has 0 fully saturated rings. The second kappa shape index (κ2) is 17.7. The van der Waals surface area contributed by atoms with Crippen molar-refractivity contribution in [1.82, 2.24) is 0 Å². The monoisotopic (exact) mass is 306 g/mol. The first-order valence-corrected chi connectivity index (χ1v) is 8.96. The minimum Gasteiger partial charge on any atom is -0.478 e. The van der Waals surface area contributed by atoms with Crippen LogP contribution < -0.4 is 0 Å². The van der Waals surface area contributed by atoms with Crippen molar-refractivity contribution in [2.24, 2.45) is 0 Å². The normalized spacial score (nSPS) is 12.0. The Morgan fingerprint density at radius 3 is 1.68 bits per heavy atom. The van der Waals surface area contributed by atoms with Gasteiger partial charge < -0.3 is 5.11 Å². The molecule has 0 saturated carbocycles. The molecule has 2 nitrogen and oxygen atoms in total. The lowest BCUT2D eigenvalue weighted by Crippen LogP contribution is -1.85. The maximum absolute atomic E-state index is 10.3. The fourth-order valence-corrected chi connectivity index (χ4v) is 2.29. The van der Waals surface area contributed by atoms with Crippen molar-refractivity contribution in [2.75, 3.05) is 0 Å². The number of allylic oxidation sites excluding steroid dienone is 5. The molecule has 0 unspecified atom stereocenters. The van der Waals surface area contributed by atoms with Crippen molar-refractivity contribution in [3.63, 3.8) is 0 Å². The average molecular weight is 306 g/mol. The maximum atomic E-state index is 10.3. The SMILES string of the molecule is CCC=CCCCCCCCCC=CCCCC=CC(=O)O. The van der Waals surface area contributed by atoms with Crippen molar-refractivity contribution in [3.8, 4) is 0 Å². The summed E-state index contributed by atoms with van der Waals surface area (Å²) in [5, 5.41) is 8.44. The number of carboxylic acids is 1. The third-order valence-electron chi connectivity index (χ3n) is 3.56. The summed E-state index contributed by atoms with van der Waals surface area (Å²) in [4.78, 5) is 10.3. The Balaban J connectivity index is 3.17. The number of rotatable bonds is 15.